The zero-order valence-electron chi connectivity index (χ0n) is 12.7. The van der Waals surface area contributed by atoms with E-state index in [1.54, 1.807) is 0 Å². The van der Waals surface area contributed by atoms with Crippen molar-refractivity contribution in [2.75, 3.05) is 12.3 Å². The first kappa shape index (κ1) is 17.9. The normalized spacial score (nSPS) is 12.0. The van der Waals surface area contributed by atoms with Crippen LogP contribution in [-0.2, 0) is 19.2 Å². The van der Waals surface area contributed by atoms with Crippen molar-refractivity contribution in [2.45, 2.75) is 39.2 Å². The summed E-state index contributed by atoms with van der Waals surface area (Å²) < 4.78 is 5.04. The lowest BCUT2D eigenvalue weighted by Gasteiger charge is -2.20. The van der Waals surface area contributed by atoms with E-state index in [1.807, 2.05) is 6.92 Å². The monoisotopic (exact) mass is 329 g/mol. The molecule has 0 unspecified atom stereocenters. The highest BCUT2D eigenvalue weighted by atomic mass is 32.1. The Labute approximate surface area is 131 Å². The molecule has 0 saturated carbocycles. The van der Waals surface area contributed by atoms with E-state index in [2.05, 4.69) is 10.1 Å². The molecule has 122 valence electrons. The summed E-state index contributed by atoms with van der Waals surface area (Å²) in [7, 11) is 0. The number of aromatic nitrogens is 1. The van der Waals surface area contributed by atoms with Gasteiger partial charge >= 0.3 is 11.9 Å². The number of oxime groups is 1. The van der Waals surface area contributed by atoms with E-state index in [9.17, 15) is 9.59 Å². The number of hydrogen-bond donors (Lipinski definition) is 2. The van der Waals surface area contributed by atoms with Crippen LogP contribution >= 0.6 is 11.3 Å². The Morgan fingerprint density at radius 1 is 1.50 bits per heavy atom. The number of carboxylic acids is 1. The summed E-state index contributed by atoms with van der Waals surface area (Å²) >= 11 is 1.08. The molecule has 9 heteroatoms. The molecule has 1 aromatic heterocycles. The van der Waals surface area contributed by atoms with Gasteiger partial charge in [-0.15, -0.1) is 11.3 Å². The number of carbonyl (C=O) groups is 2. The number of hydrogen-bond acceptors (Lipinski definition) is 8. The van der Waals surface area contributed by atoms with E-state index in [0.717, 1.165) is 24.2 Å². The number of esters is 1. The average molecular weight is 329 g/mol. The maximum absolute atomic E-state index is 11.9. The Balaban J connectivity index is 2.81. The molecule has 0 saturated heterocycles. The van der Waals surface area contributed by atoms with Crippen LogP contribution in [-0.4, -0.2) is 39.9 Å². The van der Waals surface area contributed by atoms with Gasteiger partial charge in [0, 0.05) is 5.38 Å². The molecule has 1 rings (SSSR count). The van der Waals surface area contributed by atoms with E-state index < -0.39 is 23.3 Å². The van der Waals surface area contributed by atoms with E-state index in [0.29, 0.717) is 0 Å². The fraction of sp³-hybridized carbons (Fsp3) is 0.538. The molecule has 0 aliphatic rings. The highest BCUT2D eigenvalue weighted by molar-refractivity contribution is 7.13. The Hall–Kier alpha value is -2.16. The number of nitrogens with two attached hydrogens (primary N) is 1. The summed E-state index contributed by atoms with van der Waals surface area (Å²) in [4.78, 5) is 32.0. The molecule has 22 heavy (non-hydrogen) atoms. The van der Waals surface area contributed by atoms with E-state index in [4.69, 9.17) is 20.4 Å². The van der Waals surface area contributed by atoms with Gasteiger partial charge in [0.25, 0.3) is 0 Å². The molecule has 0 aromatic carbocycles. The van der Waals surface area contributed by atoms with Crippen LogP contribution in [0.2, 0.25) is 0 Å². The summed E-state index contributed by atoms with van der Waals surface area (Å²) in [5, 5.41) is 14.3. The van der Waals surface area contributed by atoms with Crippen LogP contribution in [0, 0.1) is 0 Å². The number of rotatable bonds is 8. The van der Waals surface area contributed by atoms with Gasteiger partial charge in [0.15, 0.2) is 5.13 Å². The molecule has 0 bridgehead atoms. The Morgan fingerprint density at radius 2 is 2.18 bits per heavy atom. The smallest absolute Gasteiger partial charge is 0.360 e. The minimum Gasteiger partial charge on any atom is -0.476 e. The molecule has 0 atom stereocenters. The minimum absolute atomic E-state index is 0.0742. The molecule has 0 radical (unpaired) electrons. The average Bonchev–Trinajstić information content (AvgIpc) is 2.85. The summed E-state index contributed by atoms with van der Waals surface area (Å²) in [5.74, 6) is -1.95. The highest BCUT2D eigenvalue weighted by Gasteiger charge is 2.33. The van der Waals surface area contributed by atoms with Crippen molar-refractivity contribution in [3.8, 4) is 0 Å². The predicted octanol–water partition coefficient (Wildman–Crippen LogP) is 1.65. The van der Waals surface area contributed by atoms with Gasteiger partial charge in [0.2, 0.25) is 11.3 Å². The van der Waals surface area contributed by atoms with Crippen molar-refractivity contribution in [3.63, 3.8) is 0 Å². The van der Waals surface area contributed by atoms with E-state index >= 15 is 0 Å². The van der Waals surface area contributed by atoms with Crippen molar-refractivity contribution in [2.24, 2.45) is 5.16 Å². The maximum Gasteiger partial charge on any atom is 0.360 e. The zero-order chi connectivity index (χ0) is 16.8. The molecule has 1 aromatic rings. The number of nitrogen functional groups attached to an aromatic ring is 1. The lowest BCUT2D eigenvalue weighted by atomic mass is 10.1. The van der Waals surface area contributed by atoms with Gasteiger partial charge in [-0.1, -0.05) is 18.5 Å². The van der Waals surface area contributed by atoms with Crippen LogP contribution in [0.1, 0.15) is 39.3 Å². The van der Waals surface area contributed by atoms with E-state index in [1.165, 1.54) is 19.2 Å². The molecular formula is C13H19N3O5S. The van der Waals surface area contributed by atoms with Crippen molar-refractivity contribution in [1.82, 2.24) is 4.98 Å². The lowest BCUT2D eigenvalue weighted by Crippen LogP contribution is -2.36. The first-order valence-corrected chi connectivity index (χ1v) is 7.54. The standard InChI is InChI=1S/C13H19N3O5S/c1-4-5-6-20-11(19)13(2,3)21-16-9(10(17)18)8-7-22-12(14)15-8/h7H,4-6H2,1-3H3,(H2,14,15)(H,17,18)/b16-9-. The van der Waals surface area contributed by atoms with Gasteiger partial charge < -0.3 is 20.4 Å². The molecule has 0 aliphatic carbocycles. The molecule has 0 spiro atoms. The zero-order valence-corrected chi connectivity index (χ0v) is 13.5. The third-order valence-electron chi connectivity index (χ3n) is 2.55. The molecule has 8 nitrogen and oxygen atoms in total. The van der Waals surface area contributed by atoms with Gasteiger partial charge in [-0.3, -0.25) is 0 Å². The van der Waals surface area contributed by atoms with Crippen LogP contribution in [0.25, 0.3) is 0 Å². The minimum atomic E-state index is -1.41. The molecular weight excluding hydrogens is 310 g/mol. The summed E-state index contributed by atoms with van der Waals surface area (Å²) in [6, 6.07) is 0. The van der Waals surface area contributed by atoms with Crippen molar-refractivity contribution in [3.05, 3.63) is 11.1 Å². The molecule has 0 fully saturated rings. The van der Waals surface area contributed by atoms with Gasteiger partial charge in [-0.05, 0) is 20.3 Å². The number of unbranched alkanes of at least 4 members (excludes halogenated alkanes) is 1. The number of anilines is 1. The van der Waals surface area contributed by atoms with Crippen LogP contribution in [0.5, 0.6) is 0 Å². The summed E-state index contributed by atoms with van der Waals surface area (Å²) in [5.41, 5.74) is 3.70. The van der Waals surface area contributed by atoms with Crippen molar-refractivity contribution >= 4 is 34.1 Å². The second kappa shape index (κ2) is 7.74. The molecule has 3 N–H and O–H groups in total. The fourth-order valence-electron chi connectivity index (χ4n) is 1.27. The number of aliphatic carboxylic acids is 1. The quantitative estimate of drug-likeness (QED) is 0.321. The van der Waals surface area contributed by atoms with Crippen LogP contribution < -0.4 is 5.73 Å². The number of ether oxygens (including phenoxy) is 1. The second-order valence-corrected chi connectivity index (χ2v) is 5.80. The van der Waals surface area contributed by atoms with E-state index in [-0.39, 0.29) is 17.4 Å². The maximum atomic E-state index is 11.9. The highest BCUT2D eigenvalue weighted by Crippen LogP contribution is 2.16. The van der Waals surface area contributed by atoms with Gasteiger partial charge in [-0.2, -0.15) is 0 Å². The van der Waals surface area contributed by atoms with Gasteiger partial charge in [-0.25, -0.2) is 14.6 Å². The van der Waals surface area contributed by atoms with Crippen molar-refractivity contribution < 1.29 is 24.3 Å². The Bertz CT molecular complexity index is 568. The SMILES string of the molecule is CCCCOC(=O)C(C)(C)O/N=C(\C(=O)O)c1csc(N)n1. The third-order valence-corrected chi connectivity index (χ3v) is 3.23. The number of carboxylic acid groups (broad SMARTS) is 1. The predicted molar refractivity (Wildman–Crippen MR) is 81.7 cm³/mol. The third kappa shape index (κ3) is 4.99. The first-order valence-electron chi connectivity index (χ1n) is 6.66. The van der Waals surface area contributed by atoms with Crippen LogP contribution in [0.3, 0.4) is 0 Å². The molecule has 1 heterocycles. The van der Waals surface area contributed by atoms with Crippen molar-refractivity contribution in [1.29, 1.82) is 0 Å². The molecule has 0 amide bonds. The van der Waals surface area contributed by atoms with Gasteiger partial charge in [0.05, 0.1) is 6.61 Å². The lowest BCUT2D eigenvalue weighted by molar-refractivity contribution is -0.168. The van der Waals surface area contributed by atoms with Gasteiger partial charge in [0.1, 0.15) is 5.69 Å². The Kier molecular flexibility index (Phi) is 6.29. The van der Waals surface area contributed by atoms with Crippen LogP contribution in [0.4, 0.5) is 5.13 Å². The fourth-order valence-corrected chi connectivity index (χ4v) is 1.82. The second-order valence-electron chi connectivity index (χ2n) is 4.91. The summed E-state index contributed by atoms with van der Waals surface area (Å²) in [6.07, 6.45) is 1.63. The number of nitrogens with zero attached hydrogens (tertiary/aromatic N) is 2. The largest absolute Gasteiger partial charge is 0.476 e. The Morgan fingerprint density at radius 3 is 2.68 bits per heavy atom. The number of carbonyl (C=O) groups excluding carboxylic acids is 1. The first-order chi connectivity index (χ1) is 10.3. The van der Waals surface area contributed by atoms with Crippen LogP contribution in [0.15, 0.2) is 10.5 Å². The summed E-state index contributed by atoms with van der Waals surface area (Å²) in [6.45, 7) is 5.14. The number of thiazole rings is 1. The molecule has 0 aliphatic heterocycles. The topological polar surface area (TPSA) is 124 Å².